The molecular formula is C70H87BrClF3N18O3. The van der Waals surface area contributed by atoms with Gasteiger partial charge in [0.05, 0.1) is 50.3 Å². The number of anilines is 3. The van der Waals surface area contributed by atoms with Crippen LogP contribution in [0.1, 0.15) is 125 Å². The van der Waals surface area contributed by atoms with Gasteiger partial charge in [-0.2, -0.15) is 0 Å². The van der Waals surface area contributed by atoms with Gasteiger partial charge in [0.15, 0.2) is 0 Å². The van der Waals surface area contributed by atoms with Crippen molar-refractivity contribution in [2.75, 3.05) is 80.6 Å². The second-order valence-electron chi connectivity index (χ2n) is 25.0. The van der Waals surface area contributed by atoms with Crippen LogP contribution in [0.15, 0.2) is 72.8 Å². The topological polar surface area (TPSA) is 289 Å². The van der Waals surface area contributed by atoms with E-state index >= 15 is 0 Å². The average molecular weight is 1400 g/mol. The number of nitrogens with two attached hydrogens (primary N) is 1. The molecule has 26 heteroatoms. The molecule has 9 aromatic rings. The number of aromatic amines is 3. The molecule has 3 saturated carbocycles. The number of nitrogens with zero attached hydrogens (tertiary/aromatic N) is 7. The predicted molar refractivity (Wildman–Crippen MR) is 381 cm³/mol. The Morgan fingerprint density at radius 1 is 0.521 bits per heavy atom. The maximum absolute atomic E-state index is 12.8. The zero-order valence-corrected chi connectivity index (χ0v) is 56.3. The lowest BCUT2D eigenvalue weighted by molar-refractivity contribution is 0.0937. The lowest BCUT2D eigenvalue weighted by Crippen LogP contribution is -2.51. The van der Waals surface area contributed by atoms with Crippen LogP contribution in [0.3, 0.4) is 0 Å². The molecule has 15 rings (SSSR count). The first kappa shape index (κ1) is 70.6. The molecule has 96 heavy (non-hydrogen) atoms. The number of aromatic nitrogens is 9. The SMILES string of the molecule is C.CCCBr.Cc1nc2cccc(-c3cc4c([nH]3)CCNC4=O)c2nc1NC1CC(N(CCF)CCF)C1.Cc1nc2cccc(-c3cc4c([nH]3)CCNC4=O)c2nc1NC1CC(N)C1.Cc1nc2cccc(-c3cc4c([nH]3)CCNC4=O)c2nc1NC1CC(NCCF)C1.Cl. The van der Waals surface area contributed by atoms with Gasteiger partial charge >= 0.3 is 0 Å². The lowest BCUT2D eigenvalue weighted by atomic mass is 9.85. The van der Waals surface area contributed by atoms with Crippen LogP contribution in [0, 0.1) is 20.8 Å². The fourth-order valence-corrected chi connectivity index (χ4v) is 13.1. The van der Waals surface area contributed by atoms with E-state index in [1.54, 1.807) is 0 Å². The number of aryl methyl sites for hydroxylation is 3. The minimum Gasteiger partial charge on any atom is -0.366 e. The molecule has 12 N–H and O–H groups in total. The molecular weight excluding hydrogens is 1310 g/mol. The molecule has 0 saturated heterocycles. The molecule has 0 unspecified atom stereocenters. The minimum atomic E-state index is -0.462. The maximum Gasteiger partial charge on any atom is 0.253 e. The van der Waals surface area contributed by atoms with Crippen LogP contribution < -0.4 is 43.0 Å². The fraction of sp³-hybridized carbons (Fsp3) is 0.443. The van der Waals surface area contributed by atoms with Gasteiger partial charge in [-0.3, -0.25) is 19.3 Å². The third kappa shape index (κ3) is 15.6. The zero-order valence-electron chi connectivity index (χ0n) is 53.9. The molecule has 3 fully saturated rings. The molecule has 3 aromatic carbocycles. The number of carbonyl (C=O) groups is 3. The Kier molecular flexibility index (Phi) is 23.3. The van der Waals surface area contributed by atoms with Crippen molar-refractivity contribution in [1.29, 1.82) is 0 Å². The minimum absolute atomic E-state index is 0. The normalized spacial score (nSPS) is 19.6. The molecule has 6 aliphatic rings. The van der Waals surface area contributed by atoms with Crippen LogP contribution in [0.4, 0.5) is 30.6 Å². The molecule has 510 valence electrons. The largest absolute Gasteiger partial charge is 0.366 e. The third-order valence-electron chi connectivity index (χ3n) is 18.3. The monoisotopic (exact) mass is 1400 g/mol. The van der Waals surface area contributed by atoms with E-state index in [1.165, 1.54) is 6.42 Å². The summed E-state index contributed by atoms with van der Waals surface area (Å²) >= 11 is 3.25. The number of H-pyrrole nitrogens is 3. The highest BCUT2D eigenvalue weighted by molar-refractivity contribution is 9.09. The van der Waals surface area contributed by atoms with Crippen molar-refractivity contribution in [1.82, 2.24) is 71.0 Å². The van der Waals surface area contributed by atoms with E-state index in [0.29, 0.717) is 55.4 Å². The van der Waals surface area contributed by atoms with E-state index in [9.17, 15) is 27.6 Å². The van der Waals surface area contributed by atoms with Crippen LogP contribution in [-0.4, -0.2) is 168 Å². The predicted octanol–water partition coefficient (Wildman–Crippen LogP) is 11.1. The number of rotatable bonds is 18. The van der Waals surface area contributed by atoms with Crippen molar-refractivity contribution < 1.29 is 27.6 Å². The van der Waals surface area contributed by atoms with E-state index in [4.69, 9.17) is 35.6 Å². The highest BCUT2D eigenvalue weighted by atomic mass is 79.9. The summed E-state index contributed by atoms with van der Waals surface area (Å²) in [4.78, 5) is 77.5. The number of nitrogens with one attached hydrogen (secondary N) is 10. The molecule has 3 aliphatic carbocycles. The number of carbonyl (C=O) groups excluding carboxylic acids is 3. The Morgan fingerprint density at radius 2 is 0.875 bits per heavy atom. The summed E-state index contributed by atoms with van der Waals surface area (Å²) in [6, 6.07) is 25.1. The first-order valence-electron chi connectivity index (χ1n) is 32.8. The first-order chi connectivity index (χ1) is 45.7. The van der Waals surface area contributed by atoms with Gasteiger partial charge in [-0.05, 0) is 102 Å². The number of hydrogen-bond acceptors (Lipinski definition) is 15. The van der Waals surface area contributed by atoms with Crippen molar-refractivity contribution >= 4 is 96.6 Å². The van der Waals surface area contributed by atoms with Gasteiger partial charge in [0.2, 0.25) is 0 Å². The van der Waals surface area contributed by atoms with Crippen molar-refractivity contribution in [3.05, 3.63) is 124 Å². The summed E-state index contributed by atoms with van der Waals surface area (Å²) in [6.45, 7) is 9.63. The van der Waals surface area contributed by atoms with E-state index in [0.717, 1.165) is 187 Å². The van der Waals surface area contributed by atoms with Gasteiger partial charge in [0, 0.05) is 151 Å². The standard InChI is InChI=1S/C24H28F2N6O.C22H25FN6O.C20H22N6O.C3H7Br.CH4.ClH/c1-14-23(29-15-11-16(12-15)32(9-6-25)10-7-26)31-22-17(3-2-4-20(22)28-14)21-13-18-19(30-21)5-8-27-24(18)33;1-12-21(27-14-9-13(10-14)24-8-6-23)29-20-15(3-2-4-18(20)26-12)19-11-16-17(28-19)5-7-25-22(16)30;1-10-19(24-12-7-11(21)8-12)26-18-13(3-2-4-16(18)23-10)17-9-14-15(25-17)5-6-22-20(14)27;1-2-3-4;;/h2-4,13,15-16,30H,5-12H2,1H3,(H,27,33)(H,29,31);2-4,11,13-14,24,28H,5-10H2,1H3,(H,25,30)(H,27,29);2-4,9,11-12,25H,5-8,21H2,1H3,(H,22,27)(H,24,26);2-3H2,1H3;1H4;1H. The summed E-state index contributed by atoms with van der Waals surface area (Å²) in [5.41, 5.74) is 23.7. The number of halogens is 5. The molecule has 0 radical (unpaired) electrons. The van der Waals surface area contributed by atoms with Gasteiger partial charge in [0.1, 0.15) is 54.0 Å². The second-order valence-corrected chi connectivity index (χ2v) is 25.8. The van der Waals surface area contributed by atoms with E-state index in [-0.39, 0.29) is 75.4 Å². The Labute approximate surface area is 571 Å². The molecule has 0 spiro atoms. The summed E-state index contributed by atoms with van der Waals surface area (Å²) in [5, 5.41) is 23.4. The molecule has 0 atom stereocenters. The smallest absolute Gasteiger partial charge is 0.253 e. The number of benzene rings is 3. The average Bonchev–Trinajstić information content (AvgIpc) is 1.51. The number of para-hydroxylation sites is 3. The Balaban J connectivity index is 0.000000151. The van der Waals surface area contributed by atoms with Gasteiger partial charge < -0.3 is 57.9 Å². The van der Waals surface area contributed by atoms with E-state index < -0.39 is 13.3 Å². The molecule has 0 bridgehead atoms. The van der Waals surface area contributed by atoms with Crippen molar-refractivity contribution in [2.24, 2.45) is 5.73 Å². The van der Waals surface area contributed by atoms with Gasteiger partial charge in [-0.15, -0.1) is 12.4 Å². The molecule has 21 nitrogen and oxygen atoms in total. The van der Waals surface area contributed by atoms with Gasteiger partial charge in [0.25, 0.3) is 17.7 Å². The molecule has 9 heterocycles. The summed E-state index contributed by atoms with van der Waals surface area (Å²) < 4.78 is 37.9. The van der Waals surface area contributed by atoms with Crippen molar-refractivity contribution in [3.8, 4) is 33.8 Å². The quantitative estimate of drug-likeness (QED) is 0.0356. The summed E-state index contributed by atoms with van der Waals surface area (Å²) in [7, 11) is 0. The summed E-state index contributed by atoms with van der Waals surface area (Å²) in [6.07, 6.45) is 9.05. The number of hydrogen-bond donors (Lipinski definition) is 11. The summed E-state index contributed by atoms with van der Waals surface area (Å²) in [5.74, 6) is 2.18. The molecule has 3 amide bonds. The van der Waals surface area contributed by atoms with E-state index in [2.05, 4.69) is 75.0 Å². The molecule has 6 aromatic heterocycles. The Morgan fingerprint density at radius 3 is 1.20 bits per heavy atom. The van der Waals surface area contributed by atoms with Gasteiger partial charge in [-0.25, -0.2) is 43.1 Å². The lowest BCUT2D eigenvalue weighted by Gasteiger charge is -2.43. The second kappa shape index (κ2) is 31.8. The van der Waals surface area contributed by atoms with Crippen LogP contribution in [-0.2, 0) is 19.3 Å². The maximum atomic E-state index is 12.8. The highest BCUT2D eigenvalue weighted by Gasteiger charge is 2.35. The van der Waals surface area contributed by atoms with Crippen molar-refractivity contribution in [2.45, 2.75) is 136 Å². The first-order valence-corrected chi connectivity index (χ1v) is 33.9. The Bertz CT molecular complexity index is 4210. The van der Waals surface area contributed by atoms with Crippen LogP contribution in [0.2, 0.25) is 0 Å². The number of fused-ring (bicyclic) bond motifs is 6. The van der Waals surface area contributed by atoms with Gasteiger partial charge in [-0.1, -0.05) is 66.7 Å². The highest BCUT2D eigenvalue weighted by Crippen LogP contribution is 2.36. The van der Waals surface area contributed by atoms with Crippen LogP contribution in [0.25, 0.3) is 66.9 Å². The van der Waals surface area contributed by atoms with Crippen LogP contribution in [0.5, 0.6) is 0 Å². The zero-order chi connectivity index (χ0) is 65.6. The third-order valence-corrected chi connectivity index (χ3v) is 19.1. The van der Waals surface area contributed by atoms with E-state index in [1.807, 2.05) is 98.5 Å². The molecule has 3 aliphatic heterocycles. The number of alkyl halides is 4. The fourth-order valence-electron chi connectivity index (χ4n) is 13.1. The number of amides is 3. The van der Waals surface area contributed by atoms with Crippen molar-refractivity contribution in [3.63, 3.8) is 0 Å². The Hall–Kier alpha value is -8.23. The van der Waals surface area contributed by atoms with Crippen LogP contribution >= 0.6 is 28.3 Å².